The van der Waals surface area contributed by atoms with Gasteiger partial charge in [-0.2, -0.15) is 5.10 Å². The summed E-state index contributed by atoms with van der Waals surface area (Å²) in [6.45, 7) is 7.78. The van der Waals surface area contributed by atoms with Crippen molar-refractivity contribution in [3.63, 3.8) is 0 Å². The lowest BCUT2D eigenvalue weighted by molar-refractivity contribution is -0.135. The lowest BCUT2D eigenvalue weighted by Crippen LogP contribution is -2.47. The number of ether oxygens (including phenoxy) is 2. The minimum atomic E-state index is -0.0214. The molecule has 1 fully saturated rings. The van der Waals surface area contributed by atoms with Crippen LogP contribution in [0.25, 0.3) is 0 Å². The summed E-state index contributed by atoms with van der Waals surface area (Å²) in [5.74, 6) is 0.0866. The summed E-state index contributed by atoms with van der Waals surface area (Å²) < 4.78 is 10.8. The molecule has 1 aromatic heterocycles. The van der Waals surface area contributed by atoms with Crippen LogP contribution < -0.4 is 0 Å². The Balaban J connectivity index is 1.82. The Kier molecular flexibility index (Phi) is 6.56. The van der Waals surface area contributed by atoms with Crippen LogP contribution in [0.15, 0.2) is 6.07 Å². The number of hydrogen-bond donors (Lipinski definition) is 1. The topological polar surface area (TPSA) is 70.7 Å². The molecule has 1 aliphatic rings. The van der Waals surface area contributed by atoms with Gasteiger partial charge in [-0.15, -0.1) is 0 Å². The minimum Gasteiger partial charge on any atom is -0.378 e. The highest BCUT2D eigenvalue weighted by Gasteiger charge is 2.25. The van der Waals surface area contributed by atoms with Gasteiger partial charge >= 0.3 is 0 Å². The number of morpholine rings is 1. The lowest BCUT2D eigenvalue weighted by Gasteiger charge is -2.35. The monoisotopic (exact) mass is 324 g/mol. The molecule has 0 saturated carbocycles. The van der Waals surface area contributed by atoms with Gasteiger partial charge in [-0.1, -0.05) is 0 Å². The molecule has 23 heavy (non-hydrogen) atoms. The smallest absolute Gasteiger partial charge is 0.225 e. The predicted molar refractivity (Wildman–Crippen MR) is 86.8 cm³/mol. The summed E-state index contributed by atoms with van der Waals surface area (Å²) in [6.07, 6.45) is 0.394. The number of hydrogen-bond acceptors (Lipinski definition) is 5. The van der Waals surface area contributed by atoms with E-state index in [0.29, 0.717) is 32.2 Å². The average molecular weight is 324 g/mol. The first-order chi connectivity index (χ1) is 11.0. The number of amides is 1. The predicted octanol–water partition coefficient (Wildman–Crippen LogP) is 1.01. The number of nitrogens with zero attached hydrogens (tertiary/aromatic N) is 3. The lowest BCUT2D eigenvalue weighted by atomic mass is 10.1. The molecular formula is C16H28N4O3. The van der Waals surface area contributed by atoms with Gasteiger partial charge in [0.1, 0.15) is 0 Å². The quantitative estimate of drug-likeness (QED) is 0.811. The van der Waals surface area contributed by atoms with Crippen molar-refractivity contribution in [1.82, 2.24) is 20.0 Å². The molecule has 1 amide bonds. The Morgan fingerprint density at radius 2 is 2.39 bits per heavy atom. The van der Waals surface area contributed by atoms with Crippen molar-refractivity contribution in [3.8, 4) is 0 Å². The zero-order valence-corrected chi connectivity index (χ0v) is 14.5. The van der Waals surface area contributed by atoms with Crippen LogP contribution in [0.3, 0.4) is 0 Å². The zero-order chi connectivity index (χ0) is 16.8. The van der Waals surface area contributed by atoms with Gasteiger partial charge in [-0.3, -0.25) is 14.8 Å². The van der Waals surface area contributed by atoms with E-state index in [1.54, 1.807) is 12.0 Å². The van der Waals surface area contributed by atoms with E-state index in [2.05, 4.69) is 28.9 Å². The standard InChI is InChI=1S/C16H28N4O3/c1-12(2)20-5-6-23-15(10-20)8-16(21)19(3)9-13-7-14(11-22-4)18-17-13/h7,12,15H,5-6,8-11H2,1-4H3,(H,17,18)/t15-/m1/s1. The number of methoxy groups -OCH3 is 1. The van der Waals surface area contributed by atoms with E-state index in [1.807, 2.05) is 13.1 Å². The van der Waals surface area contributed by atoms with Crippen LogP contribution in [0.5, 0.6) is 0 Å². The molecular weight excluding hydrogens is 296 g/mol. The molecule has 2 heterocycles. The van der Waals surface area contributed by atoms with Crippen LogP contribution in [0, 0.1) is 0 Å². The van der Waals surface area contributed by atoms with Gasteiger partial charge in [0.2, 0.25) is 5.91 Å². The van der Waals surface area contributed by atoms with Gasteiger partial charge in [0.05, 0.1) is 43.7 Å². The summed E-state index contributed by atoms with van der Waals surface area (Å²) in [6, 6.07) is 2.41. The van der Waals surface area contributed by atoms with Gasteiger partial charge in [0.25, 0.3) is 0 Å². The van der Waals surface area contributed by atoms with E-state index >= 15 is 0 Å². The van der Waals surface area contributed by atoms with Gasteiger partial charge < -0.3 is 14.4 Å². The van der Waals surface area contributed by atoms with Crippen LogP contribution >= 0.6 is 0 Å². The minimum absolute atomic E-state index is 0.0214. The molecule has 0 aromatic carbocycles. The van der Waals surface area contributed by atoms with Crippen molar-refractivity contribution in [3.05, 3.63) is 17.5 Å². The van der Waals surface area contributed by atoms with Crippen molar-refractivity contribution < 1.29 is 14.3 Å². The first kappa shape index (κ1) is 17.9. The Morgan fingerprint density at radius 1 is 1.61 bits per heavy atom. The molecule has 1 saturated heterocycles. The Hall–Kier alpha value is -1.44. The van der Waals surface area contributed by atoms with Crippen LogP contribution in [-0.4, -0.2) is 71.9 Å². The molecule has 0 aliphatic carbocycles. The number of aromatic amines is 1. The highest BCUT2D eigenvalue weighted by molar-refractivity contribution is 5.76. The SMILES string of the molecule is COCc1cc(CN(C)C(=O)C[C@@H]2CN(C(C)C)CCO2)[nH]n1. The molecule has 1 aromatic rings. The number of nitrogens with one attached hydrogen (secondary N) is 1. The van der Waals surface area contributed by atoms with E-state index in [1.165, 1.54) is 0 Å². The van der Waals surface area contributed by atoms with Crippen molar-refractivity contribution in [2.24, 2.45) is 0 Å². The Labute approximate surface area is 137 Å². The fourth-order valence-electron chi connectivity index (χ4n) is 2.74. The number of carbonyl (C=O) groups is 1. The molecule has 0 radical (unpaired) electrons. The van der Waals surface area contributed by atoms with Crippen LogP contribution in [-0.2, 0) is 27.4 Å². The molecule has 0 unspecified atom stereocenters. The van der Waals surface area contributed by atoms with Crippen molar-refractivity contribution in [2.45, 2.75) is 45.6 Å². The second-order valence-electron chi connectivity index (χ2n) is 6.35. The van der Waals surface area contributed by atoms with Crippen LogP contribution in [0.2, 0.25) is 0 Å². The second-order valence-corrected chi connectivity index (χ2v) is 6.35. The molecule has 2 rings (SSSR count). The highest BCUT2D eigenvalue weighted by Crippen LogP contribution is 2.13. The van der Waals surface area contributed by atoms with E-state index < -0.39 is 0 Å². The third-order valence-electron chi connectivity index (χ3n) is 4.11. The fraction of sp³-hybridized carbons (Fsp3) is 0.750. The molecule has 7 nitrogen and oxygen atoms in total. The molecule has 1 N–H and O–H groups in total. The number of H-pyrrole nitrogens is 1. The summed E-state index contributed by atoms with van der Waals surface area (Å²) in [5.41, 5.74) is 1.74. The fourth-order valence-corrected chi connectivity index (χ4v) is 2.74. The molecule has 0 spiro atoms. The third-order valence-corrected chi connectivity index (χ3v) is 4.11. The van der Waals surface area contributed by atoms with E-state index in [0.717, 1.165) is 24.5 Å². The number of rotatable bonds is 7. The number of aromatic nitrogens is 2. The Morgan fingerprint density at radius 3 is 3.09 bits per heavy atom. The van der Waals surface area contributed by atoms with Gasteiger partial charge in [-0.05, 0) is 19.9 Å². The maximum atomic E-state index is 12.4. The third kappa shape index (κ3) is 5.30. The van der Waals surface area contributed by atoms with Gasteiger partial charge in [0, 0.05) is 33.3 Å². The largest absolute Gasteiger partial charge is 0.378 e. The maximum Gasteiger partial charge on any atom is 0.225 e. The zero-order valence-electron chi connectivity index (χ0n) is 14.5. The summed E-state index contributed by atoms with van der Waals surface area (Å²) >= 11 is 0. The molecule has 7 heteroatoms. The number of carbonyl (C=O) groups excluding carboxylic acids is 1. The molecule has 130 valence electrons. The maximum absolute atomic E-state index is 12.4. The van der Waals surface area contributed by atoms with Crippen molar-refractivity contribution in [1.29, 1.82) is 0 Å². The summed E-state index contributed by atoms with van der Waals surface area (Å²) in [4.78, 5) is 16.5. The van der Waals surface area contributed by atoms with Crippen molar-refractivity contribution in [2.75, 3.05) is 33.9 Å². The van der Waals surface area contributed by atoms with Crippen LogP contribution in [0.4, 0.5) is 0 Å². The normalized spacial score (nSPS) is 19.3. The average Bonchev–Trinajstić information content (AvgIpc) is 2.95. The van der Waals surface area contributed by atoms with Crippen molar-refractivity contribution >= 4 is 5.91 Å². The summed E-state index contributed by atoms with van der Waals surface area (Å²) in [7, 11) is 3.44. The second kappa shape index (κ2) is 8.42. The van der Waals surface area contributed by atoms with E-state index in [-0.39, 0.29) is 12.0 Å². The molecule has 0 bridgehead atoms. The van der Waals surface area contributed by atoms with Gasteiger partial charge in [0.15, 0.2) is 0 Å². The molecule has 1 atom stereocenters. The first-order valence-electron chi connectivity index (χ1n) is 8.11. The highest BCUT2D eigenvalue weighted by atomic mass is 16.5. The molecule has 1 aliphatic heterocycles. The van der Waals surface area contributed by atoms with E-state index in [9.17, 15) is 4.79 Å². The van der Waals surface area contributed by atoms with Gasteiger partial charge in [-0.25, -0.2) is 0 Å². The first-order valence-corrected chi connectivity index (χ1v) is 8.11. The van der Waals surface area contributed by atoms with Crippen LogP contribution in [0.1, 0.15) is 31.7 Å². The van der Waals surface area contributed by atoms with E-state index in [4.69, 9.17) is 9.47 Å². The Bertz CT molecular complexity index is 503. The summed E-state index contributed by atoms with van der Waals surface area (Å²) in [5, 5.41) is 7.08.